The second kappa shape index (κ2) is 5.73. The summed E-state index contributed by atoms with van der Waals surface area (Å²) < 4.78 is 0.367. The monoisotopic (exact) mass is 394 g/mol. The lowest BCUT2D eigenvalue weighted by Crippen LogP contribution is -1.92. The van der Waals surface area contributed by atoms with E-state index in [1.54, 1.807) is 0 Å². The summed E-state index contributed by atoms with van der Waals surface area (Å²) in [4.78, 5) is 0. The van der Waals surface area contributed by atoms with Crippen LogP contribution < -0.4 is 0 Å². The van der Waals surface area contributed by atoms with Crippen LogP contribution >= 0.6 is 22.6 Å². The van der Waals surface area contributed by atoms with E-state index in [9.17, 15) is 0 Å². The molecule has 106 valence electrons. The topological polar surface area (TPSA) is 0 Å². The van der Waals surface area contributed by atoms with Crippen molar-refractivity contribution in [3.63, 3.8) is 0 Å². The van der Waals surface area contributed by atoms with E-state index in [1.165, 1.54) is 32.7 Å². The van der Waals surface area contributed by atoms with Gasteiger partial charge in [0.25, 0.3) is 0 Å². The van der Waals surface area contributed by atoms with Crippen molar-refractivity contribution >= 4 is 44.1 Å². The summed E-state index contributed by atoms with van der Waals surface area (Å²) in [5.74, 6) is 0. The van der Waals surface area contributed by atoms with Crippen LogP contribution in [0.2, 0.25) is 0 Å². The Hall–Kier alpha value is -1.87. The summed E-state index contributed by atoms with van der Waals surface area (Å²) in [6.45, 7) is 0. The van der Waals surface area contributed by atoms with E-state index >= 15 is 0 Å². The van der Waals surface area contributed by atoms with Gasteiger partial charge in [-0.2, -0.15) is 0 Å². The number of fused-ring (bicyclic) bond motifs is 2. The lowest BCUT2D eigenvalue weighted by molar-refractivity contribution is 1.21. The van der Waals surface area contributed by atoms with Crippen LogP contribution in [0.1, 0.15) is 15.1 Å². The van der Waals surface area contributed by atoms with Crippen LogP contribution in [0.25, 0.3) is 21.5 Å². The molecule has 0 aliphatic carbocycles. The highest BCUT2D eigenvalue weighted by atomic mass is 127. The second-order valence-electron chi connectivity index (χ2n) is 5.58. The van der Waals surface area contributed by atoms with Gasteiger partial charge in [-0.15, -0.1) is 0 Å². The van der Waals surface area contributed by atoms with Gasteiger partial charge in [0.1, 0.15) is 0 Å². The van der Waals surface area contributed by atoms with Gasteiger partial charge in [0.05, 0.1) is 3.92 Å². The van der Waals surface area contributed by atoms with E-state index in [0.29, 0.717) is 3.92 Å². The standard InChI is InChI=1S/C21H15I/c22-21(19-11-9-15-5-1-3-7-17(15)13-19)20-12-10-16-6-2-4-8-18(16)14-20/h1-14,21H. The summed E-state index contributed by atoms with van der Waals surface area (Å²) in [5.41, 5.74) is 2.71. The molecule has 0 spiro atoms. The Morgan fingerprint density at radius 1 is 0.500 bits per heavy atom. The average Bonchev–Trinajstić information content (AvgIpc) is 2.60. The first-order chi connectivity index (χ1) is 10.8. The Labute approximate surface area is 143 Å². The van der Waals surface area contributed by atoms with Gasteiger partial charge in [0.15, 0.2) is 0 Å². The van der Waals surface area contributed by atoms with Crippen molar-refractivity contribution in [1.29, 1.82) is 0 Å². The predicted molar refractivity (Wildman–Crippen MR) is 104 cm³/mol. The molecular formula is C21H15I. The largest absolute Gasteiger partial charge is 0.0722 e. The molecule has 0 bridgehead atoms. The first kappa shape index (κ1) is 13.8. The number of rotatable bonds is 2. The molecule has 22 heavy (non-hydrogen) atoms. The molecule has 0 unspecified atom stereocenters. The highest BCUT2D eigenvalue weighted by molar-refractivity contribution is 14.1. The van der Waals surface area contributed by atoms with Crippen LogP contribution in [-0.4, -0.2) is 0 Å². The molecule has 1 heteroatoms. The maximum atomic E-state index is 2.54. The van der Waals surface area contributed by atoms with Crippen molar-refractivity contribution in [2.24, 2.45) is 0 Å². The smallest absolute Gasteiger partial charge is 0.0608 e. The van der Waals surface area contributed by atoms with Crippen LogP contribution in [0.15, 0.2) is 84.9 Å². The minimum atomic E-state index is 0.367. The Morgan fingerprint density at radius 2 is 0.909 bits per heavy atom. The Bertz CT molecular complexity index is 876. The van der Waals surface area contributed by atoms with Gasteiger partial charge >= 0.3 is 0 Å². The minimum absolute atomic E-state index is 0.367. The van der Waals surface area contributed by atoms with Crippen LogP contribution in [0.3, 0.4) is 0 Å². The summed E-state index contributed by atoms with van der Waals surface area (Å²) in [6, 6.07) is 30.6. The molecule has 0 amide bonds. The molecule has 0 fully saturated rings. The van der Waals surface area contributed by atoms with Gasteiger partial charge in [0.2, 0.25) is 0 Å². The van der Waals surface area contributed by atoms with Gasteiger partial charge < -0.3 is 0 Å². The molecular weight excluding hydrogens is 379 g/mol. The Balaban J connectivity index is 1.78. The molecule has 0 aliphatic heterocycles. The quantitative estimate of drug-likeness (QED) is 0.268. The van der Waals surface area contributed by atoms with Crippen molar-refractivity contribution in [3.8, 4) is 0 Å². The molecule has 4 aromatic rings. The summed E-state index contributed by atoms with van der Waals surface area (Å²) in [7, 11) is 0. The van der Waals surface area contributed by atoms with Gasteiger partial charge in [-0.05, 0) is 44.8 Å². The third-order valence-electron chi connectivity index (χ3n) is 4.13. The second-order valence-corrected chi connectivity index (χ2v) is 6.82. The normalized spacial score (nSPS) is 11.4. The van der Waals surface area contributed by atoms with Crippen LogP contribution in [0, 0.1) is 0 Å². The van der Waals surface area contributed by atoms with Gasteiger partial charge in [-0.3, -0.25) is 0 Å². The van der Waals surface area contributed by atoms with Gasteiger partial charge in [-0.1, -0.05) is 95.4 Å². The number of alkyl halides is 1. The number of benzene rings is 4. The Kier molecular flexibility index (Phi) is 3.59. The molecule has 0 nitrogen and oxygen atoms in total. The van der Waals surface area contributed by atoms with Gasteiger partial charge in [0, 0.05) is 0 Å². The SMILES string of the molecule is IC(c1ccc2ccccc2c1)c1ccc2ccccc2c1. The van der Waals surface area contributed by atoms with Crippen molar-refractivity contribution in [1.82, 2.24) is 0 Å². The van der Waals surface area contributed by atoms with Crippen LogP contribution in [0.5, 0.6) is 0 Å². The number of hydrogen-bond acceptors (Lipinski definition) is 0. The zero-order valence-corrected chi connectivity index (χ0v) is 14.2. The van der Waals surface area contributed by atoms with Gasteiger partial charge in [-0.25, -0.2) is 0 Å². The van der Waals surface area contributed by atoms with Crippen molar-refractivity contribution in [3.05, 3.63) is 96.1 Å². The molecule has 0 radical (unpaired) electrons. The van der Waals surface area contributed by atoms with Crippen molar-refractivity contribution in [2.45, 2.75) is 3.92 Å². The van der Waals surface area contributed by atoms with Crippen LogP contribution in [-0.2, 0) is 0 Å². The minimum Gasteiger partial charge on any atom is -0.0722 e. The zero-order valence-electron chi connectivity index (χ0n) is 12.0. The fourth-order valence-corrected chi connectivity index (χ4v) is 3.70. The third kappa shape index (κ3) is 2.50. The highest BCUT2D eigenvalue weighted by Crippen LogP contribution is 2.34. The maximum absolute atomic E-state index is 2.54. The fraction of sp³-hybridized carbons (Fsp3) is 0.0476. The lowest BCUT2D eigenvalue weighted by Gasteiger charge is -2.13. The van der Waals surface area contributed by atoms with E-state index in [0.717, 1.165) is 0 Å². The molecule has 0 atom stereocenters. The first-order valence-corrected chi connectivity index (χ1v) is 8.67. The summed E-state index contributed by atoms with van der Waals surface area (Å²) in [5, 5.41) is 5.21. The zero-order chi connectivity index (χ0) is 14.9. The molecule has 4 rings (SSSR count). The molecule has 0 heterocycles. The fourth-order valence-electron chi connectivity index (χ4n) is 2.92. The number of halogens is 1. The van der Waals surface area contributed by atoms with E-state index < -0.39 is 0 Å². The maximum Gasteiger partial charge on any atom is 0.0608 e. The van der Waals surface area contributed by atoms with Crippen LogP contribution in [0.4, 0.5) is 0 Å². The summed E-state index contributed by atoms with van der Waals surface area (Å²) >= 11 is 2.54. The highest BCUT2D eigenvalue weighted by Gasteiger charge is 2.11. The first-order valence-electron chi connectivity index (χ1n) is 7.43. The molecule has 0 aromatic heterocycles. The molecule has 0 saturated heterocycles. The van der Waals surface area contributed by atoms with Crippen molar-refractivity contribution < 1.29 is 0 Å². The van der Waals surface area contributed by atoms with E-state index in [1.807, 2.05) is 0 Å². The third-order valence-corrected chi connectivity index (χ3v) is 5.57. The molecule has 0 aliphatic rings. The average molecular weight is 394 g/mol. The van der Waals surface area contributed by atoms with Crippen molar-refractivity contribution in [2.75, 3.05) is 0 Å². The molecule has 4 aromatic carbocycles. The molecule has 0 saturated carbocycles. The summed E-state index contributed by atoms with van der Waals surface area (Å²) in [6.07, 6.45) is 0. The number of hydrogen-bond donors (Lipinski definition) is 0. The molecule has 0 N–H and O–H groups in total. The predicted octanol–water partition coefficient (Wildman–Crippen LogP) is 6.52. The van der Waals surface area contributed by atoms with E-state index in [4.69, 9.17) is 0 Å². The lowest BCUT2D eigenvalue weighted by atomic mass is 9.99. The van der Waals surface area contributed by atoms with E-state index in [-0.39, 0.29) is 0 Å². The van der Waals surface area contributed by atoms with E-state index in [2.05, 4.69) is 108 Å². The Morgan fingerprint density at radius 3 is 1.36 bits per heavy atom.